The van der Waals surface area contributed by atoms with Crippen molar-refractivity contribution in [2.75, 3.05) is 21.1 Å². The first-order valence-corrected chi connectivity index (χ1v) is 6.45. The van der Waals surface area contributed by atoms with Gasteiger partial charge in [0.05, 0.1) is 0 Å². The van der Waals surface area contributed by atoms with Crippen molar-refractivity contribution < 1.29 is 4.79 Å². The lowest BCUT2D eigenvalue weighted by molar-refractivity contribution is 0.0958. The lowest BCUT2D eigenvalue weighted by atomic mass is 10.2. The van der Waals surface area contributed by atoms with Gasteiger partial charge in [-0.3, -0.25) is 9.78 Å². The number of thiocarbonyl (C=S) groups is 1. The van der Waals surface area contributed by atoms with Gasteiger partial charge in [-0.2, -0.15) is 0 Å². The molecule has 1 aromatic heterocycles. The van der Waals surface area contributed by atoms with Crippen LogP contribution in [-0.2, 0) is 5.75 Å². The molecule has 0 unspecified atom stereocenters. The molecule has 0 saturated heterocycles. The summed E-state index contributed by atoms with van der Waals surface area (Å²) in [6.45, 7) is 0. The molecule has 92 valence electrons. The first kappa shape index (κ1) is 13.9. The largest absolute Gasteiger partial charge is 0.364 e. The van der Waals surface area contributed by atoms with Crippen molar-refractivity contribution in [3.63, 3.8) is 0 Å². The molecule has 0 aliphatic rings. The summed E-state index contributed by atoms with van der Waals surface area (Å²) in [5.74, 6) is 0.589. The molecule has 0 bridgehead atoms. The first-order valence-electron chi connectivity index (χ1n) is 5.05. The Balaban J connectivity index is 2.57. The van der Waals surface area contributed by atoms with Crippen molar-refractivity contribution in [3.8, 4) is 0 Å². The van der Waals surface area contributed by atoms with E-state index in [1.54, 1.807) is 31.1 Å². The van der Waals surface area contributed by atoms with Gasteiger partial charge in [-0.15, -0.1) is 0 Å². The summed E-state index contributed by atoms with van der Waals surface area (Å²) in [6.07, 6.45) is 1.70. The SMILES string of the molecule is CNC(=O)c1ccc(CSC(=S)N(C)C)cn1. The Hall–Kier alpha value is -1.14. The molecule has 1 rings (SSSR count). The van der Waals surface area contributed by atoms with Crippen molar-refractivity contribution in [3.05, 3.63) is 29.6 Å². The molecule has 1 amide bonds. The van der Waals surface area contributed by atoms with E-state index in [0.717, 1.165) is 15.6 Å². The standard InChI is InChI=1S/C11H15N3OS2/c1-12-10(15)9-5-4-8(6-13-9)7-17-11(16)14(2)3/h4-6H,7H2,1-3H3,(H,12,15). The number of pyridine rings is 1. The minimum absolute atomic E-state index is 0.173. The van der Waals surface area contributed by atoms with Crippen LogP contribution in [0.2, 0.25) is 0 Å². The molecular weight excluding hydrogens is 254 g/mol. The van der Waals surface area contributed by atoms with Gasteiger partial charge in [-0.25, -0.2) is 0 Å². The third kappa shape index (κ3) is 4.32. The summed E-state index contributed by atoms with van der Waals surface area (Å²) >= 11 is 6.74. The molecule has 0 aromatic carbocycles. The molecule has 17 heavy (non-hydrogen) atoms. The Morgan fingerprint density at radius 1 is 1.53 bits per heavy atom. The van der Waals surface area contributed by atoms with E-state index in [-0.39, 0.29) is 5.91 Å². The number of thioether (sulfide) groups is 1. The van der Waals surface area contributed by atoms with E-state index in [9.17, 15) is 4.79 Å². The third-order valence-electron chi connectivity index (χ3n) is 2.01. The predicted molar refractivity (Wildman–Crippen MR) is 75.2 cm³/mol. The van der Waals surface area contributed by atoms with E-state index < -0.39 is 0 Å². The minimum atomic E-state index is -0.173. The molecule has 1 aromatic rings. The molecule has 0 spiro atoms. The zero-order valence-corrected chi connectivity index (χ0v) is 11.7. The topological polar surface area (TPSA) is 45.2 Å². The van der Waals surface area contributed by atoms with Crippen molar-refractivity contribution in [1.82, 2.24) is 15.2 Å². The monoisotopic (exact) mass is 269 g/mol. The maximum atomic E-state index is 11.3. The molecule has 1 heterocycles. The number of nitrogens with one attached hydrogen (secondary N) is 1. The summed E-state index contributed by atoms with van der Waals surface area (Å²) in [6, 6.07) is 3.61. The predicted octanol–water partition coefficient (Wildman–Crippen LogP) is 1.52. The maximum absolute atomic E-state index is 11.3. The Morgan fingerprint density at radius 2 is 2.24 bits per heavy atom. The molecule has 4 nitrogen and oxygen atoms in total. The fraction of sp³-hybridized carbons (Fsp3) is 0.364. The first-order chi connectivity index (χ1) is 8.04. The van der Waals surface area contributed by atoms with Crippen LogP contribution in [-0.4, -0.2) is 41.3 Å². The number of carbonyl (C=O) groups excluding carboxylic acids is 1. The van der Waals surface area contributed by atoms with Crippen LogP contribution in [0.3, 0.4) is 0 Å². The van der Waals surface area contributed by atoms with E-state index in [1.165, 1.54) is 0 Å². The molecule has 6 heteroatoms. The van der Waals surface area contributed by atoms with Crippen LogP contribution in [0.25, 0.3) is 0 Å². The van der Waals surface area contributed by atoms with Gasteiger partial charge in [0.25, 0.3) is 5.91 Å². The fourth-order valence-corrected chi connectivity index (χ4v) is 1.94. The van der Waals surface area contributed by atoms with Gasteiger partial charge in [0.1, 0.15) is 10.0 Å². The minimum Gasteiger partial charge on any atom is -0.364 e. The molecule has 0 aliphatic carbocycles. The summed E-state index contributed by atoms with van der Waals surface area (Å²) < 4.78 is 0.834. The van der Waals surface area contributed by atoms with Crippen molar-refractivity contribution in [2.45, 2.75) is 5.75 Å². The second-order valence-corrected chi connectivity index (χ2v) is 5.19. The number of aromatic nitrogens is 1. The quantitative estimate of drug-likeness (QED) is 0.843. The van der Waals surface area contributed by atoms with Gasteiger partial charge in [0, 0.05) is 33.1 Å². The Morgan fingerprint density at radius 3 is 2.71 bits per heavy atom. The van der Waals surface area contributed by atoms with Crippen LogP contribution in [0.15, 0.2) is 18.3 Å². The van der Waals surface area contributed by atoms with Crippen LogP contribution in [0.5, 0.6) is 0 Å². The average molecular weight is 269 g/mol. The number of rotatable bonds is 3. The van der Waals surface area contributed by atoms with Gasteiger partial charge >= 0.3 is 0 Å². The highest BCUT2D eigenvalue weighted by molar-refractivity contribution is 8.22. The van der Waals surface area contributed by atoms with Crippen LogP contribution in [0, 0.1) is 0 Å². The van der Waals surface area contributed by atoms with Gasteiger partial charge in [-0.1, -0.05) is 30.0 Å². The van der Waals surface area contributed by atoms with Crippen molar-refractivity contribution in [2.24, 2.45) is 0 Å². The normalized spacial score (nSPS) is 9.82. The summed E-state index contributed by atoms with van der Waals surface area (Å²) in [5, 5.41) is 2.53. The number of carbonyl (C=O) groups is 1. The molecule has 0 saturated carbocycles. The van der Waals surface area contributed by atoms with Crippen LogP contribution < -0.4 is 5.32 Å². The number of nitrogens with zero attached hydrogens (tertiary/aromatic N) is 2. The molecular formula is C11H15N3OS2. The van der Waals surface area contributed by atoms with Crippen LogP contribution in [0.1, 0.15) is 16.1 Å². The van der Waals surface area contributed by atoms with Gasteiger partial charge in [-0.05, 0) is 11.6 Å². The van der Waals surface area contributed by atoms with Gasteiger partial charge in [0.15, 0.2) is 0 Å². The molecule has 0 atom stereocenters. The fourth-order valence-electron chi connectivity index (χ4n) is 1.05. The van der Waals surface area contributed by atoms with Crippen molar-refractivity contribution >= 4 is 34.2 Å². The number of hydrogen-bond donors (Lipinski definition) is 1. The van der Waals surface area contributed by atoms with E-state index in [1.807, 2.05) is 25.1 Å². The Labute approximate surface area is 111 Å². The van der Waals surface area contributed by atoms with E-state index in [4.69, 9.17) is 12.2 Å². The molecule has 1 N–H and O–H groups in total. The highest BCUT2D eigenvalue weighted by Crippen LogP contribution is 2.14. The zero-order chi connectivity index (χ0) is 12.8. The summed E-state index contributed by atoms with van der Waals surface area (Å²) in [7, 11) is 5.42. The zero-order valence-electron chi connectivity index (χ0n) is 10.1. The van der Waals surface area contributed by atoms with Crippen LogP contribution >= 0.6 is 24.0 Å². The Kier molecular flexibility index (Phi) is 5.37. The maximum Gasteiger partial charge on any atom is 0.269 e. The summed E-state index contributed by atoms with van der Waals surface area (Å²) in [5.41, 5.74) is 1.48. The van der Waals surface area contributed by atoms with E-state index in [0.29, 0.717) is 5.69 Å². The van der Waals surface area contributed by atoms with Crippen molar-refractivity contribution in [1.29, 1.82) is 0 Å². The number of hydrogen-bond acceptors (Lipinski definition) is 4. The smallest absolute Gasteiger partial charge is 0.269 e. The van der Waals surface area contributed by atoms with Crippen LogP contribution in [0.4, 0.5) is 0 Å². The Bertz CT molecular complexity index is 404. The molecule has 0 aliphatic heterocycles. The molecule has 0 fully saturated rings. The lowest BCUT2D eigenvalue weighted by Crippen LogP contribution is -2.19. The van der Waals surface area contributed by atoms with E-state index in [2.05, 4.69) is 10.3 Å². The van der Waals surface area contributed by atoms with Gasteiger partial charge < -0.3 is 10.2 Å². The lowest BCUT2D eigenvalue weighted by Gasteiger charge is -2.12. The second-order valence-electron chi connectivity index (χ2n) is 3.58. The number of amides is 1. The highest BCUT2D eigenvalue weighted by Gasteiger charge is 2.05. The third-order valence-corrected chi connectivity index (χ3v) is 3.82. The summed E-state index contributed by atoms with van der Waals surface area (Å²) in [4.78, 5) is 17.3. The molecule has 0 radical (unpaired) electrons. The second kappa shape index (κ2) is 6.56. The highest BCUT2D eigenvalue weighted by atomic mass is 32.2. The van der Waals surface area contributed by atoms with E-state index >= 15 is 0 Å². The van der Waals surface area contributed by atoms with Gasteiger partial charge in [0.2, 0.25) is 0 Å². The average Bonchev–Trinajstić information content (AvgIpc) is 2.35.